The molecule has 1 saturated heterocycles. The Morgan fingerprint density at radius 2 is 2.10 bits per heavy atom. The van der Waals surface area contributed by atoms with Gasteiger partial charge in [-0.15, -0.1) is 10.2 Å². The van der Waals surface area contributed by atoms with Crippen LogP contribution in [0.3, 0.4) is 0 Å². The van der Waals surface area contributed by atoms with Gasteiger partial charge in [0.15, 0.2) is 0 Å². The quantitative estimate of drug-likeness (QED) is 0.849. The molecule has 1 aliphatic heterocycles. The zero-order chi connectivity index (χ0) is 14.3. The Bertz CT molecular complexity index is 594. The fourth-order valence-electron chi connectivity index (χ4n) is 2.19. The van der Waals surface area contributed by atoms with E-state index in [0.29, 0.717) is 5.92 Å². The lowest BCUT2D eigenvalue weighted by Crippen LogP contribution is -2.48. The van der Waals surface area contributed by atoms with Gasteiger partial charge < -0.3 is 4.90 Å². The molecule has 1 fully saturated rings. The number of halogens is 1. The van der Waals surface area contributed by atoms with Gasteiger partial charge in [-0.1, -0.05) is 32.1 Å². The number of hydrogen-bond donors (Lipinski definition) is 0. The molecule has 2 aromatic heterocycles. The molecule has 2 aromatic rings. The molecule has 0 aromatic carbocycles. The average Bonchev–Trinajstić information content (AvgIpc) is 2.90. The van der Waals surface area contributed by atoms with Crippen LogP contribution in [0.1, 0.15) is 25.8 Å². The van der Waals surface area contributed by atoms with Gasteiger partial charge in [-0.05, 0) is 15.9 Å². The van der Waals surface area contributed by atoms with Crippen molar-refractivity contribution in [3.8, 4) is 0 Å². The van der Waals surface area contributed by atoms with Crippen molar-refractivity contribution in [2.24, 2.45) is 5.92 Å². The highest BCUT2D eigenvalue weighted by Crippen LogP contribution is 2.33. The molecule has 0 atom stereocenters. The Labute approximate surface area is 131 Å². The van der Waals surface area contributed by atoms with Gasteiger partial charge in [0.05, 0.1) is 10.7 Å². The van der Waals surface area contributed by atoms with Crippen molar-refractivity contribution in [3.05, 3.63) is 21.9 Å². The zero-order valence-electron chi connectivity index (χ0n) is 11.9. The lowest BCUT2D eigenvalue weighted by Gasteiger charge is -2.38. The first-order valence-corrected chi connectivity index (χ1v) is 8.29. The maximum Gasteiger partial charge on any atom is 0.208 e. The highest BCUT2D eigenvalue weighted by molar-refractivity contribution is 9.10. The molecule has 1 aliphatic rings. The van der Waals surface area contributed by atoms with Crippen molar-refractivity contribution in [1.82, 2.24) is 20.0 Å². The summed E-state index contributed by atoms with van der Waals surface area (Å²) in [4.78, 5) is 2.30. The van der Waals surface area contributed by atoms with E-state index in [1.54, 1.807) is 11.3 Å². The Hall–Kier alpha value is -0.950. The fraction of sp³-hybridized carbons (Fsp3) is 0.615. The summed E-state index contributed by atoms with van der Waals surface area (Å²) in [5.41, 5.74) is 0.0848. The number of aromatic nitrogens is 4. The Kier molecular flexibility index (Phi) is 3.58. The molecule has 0 spiro atoms. The molecule has 5 nitrogen and oxygen atoms in total. The van der Waals surface area contributed by atoms with Crippen LogP contribution in [0.15, 0.2) is 16.9 Å². The molecule has 0 radical (unpaired) electrons. The summed E-state index contributed by atoms with van der Waals surface area (Å²) in [5.74, 6) is 0.642. The molecule has 0 amide bonds. The van der Waals surface area contributed by atoms with E-state index in [-0.39, 0.29) is 5.41 Å². The summed E-state index contributed by atoms with van der Waals surface area (Å²) in [6.45, 7) is 9.56. The van der Waals surface area contributed by atoms with Crippen LogP contribution in [0.4, 0.5) is 5.13 Å². The summed E-state index contributed by atoms with van der Waals surface area (Å²) < 4.78 is 3.03. The van der Waals surface area contributed by atoms with Gasteiger partial charge in [-0.2, -0.15) is 5.10 Å². The van der Waals surface area contributed by atoms with Gasteiger partial charge in [-0.25, -0.2) is 0 Å². The van der Waals surface area contributed by atoms with Gasteiger partial charge in [-0.3, -0.25) is 4.68 Å². The summed E-state index contributed by atoms with van der Waals surface area (Å²) >= 11 is 5.13. The van der Waals surface area contributed by atoms with E-state index < -0.39 is 0 Å². The highest BCUT2D eigenvalue weighted by Gasteiger charge is 2.31. The number of anilines is 1. The molecule has 0 saturated carbocycles. The third-order valence-electron chi connectivity index (χ3n) is 3.33. The SMILES string of the molecule is CC(C)(C)c1nnc(N2CC(Cn3cc(Br)cn3)C2)s1. The number of rotatable bonds is 3. The van der Waals surface area contributed by atoms with E-state index in [9.17, 15) is 0 Å². The third-order valence-corrected chi connectivity index (χ3v) is 5.15. The predicted octanol–water partition coefficient (Wildman–Crippen LogP) is 2.93. The normalized spacial score (nSPS) is 16.5. The van der Waals surface area contributed by atoms with Crippen molar-refractivity contribution in [2.45, 2.75) is 32.7 Å². The average molecular weight is 356 g/mol. The van der Waals surface area contributed by atoms with Crippen molar-refractivity contribution in [1.29, 1.82) is 0 Å². The van der Waals surface area contributed by atoms with E-state index in [4.69, 9.17) is 0 Å². The molecule has 3 rings (SSSR count). The summed E-state index contributed by atoms with van der Waals surface area (Å²) in [5, 5.41) is 15.1. The largest absolute Gasteiger partial charge is 0.346 e. The van der Waals surface area contributed by atoms with Gasteiger partial charge in [0.2, 0.25) is 5.13 Å². The van der Waals surface area contributed by atoms with E-state index in [1.165, 1.54) is 0 Å². The topological polar surface area (TPSA) is 46.8 Å². The van der Waals surface area contributed by atoms with Crippen LogP contribution in [0, 0.1) is 5.92 Å². The minimum atomic E-state index is 0.0848. The lowest BCUT2D eigenvalue weighted by atomic mass is 9.98. The summed E-state index contributed by atoms with van der Waals surface area (Å²) in [6.07, 6.45) is 3.85. The molecule has 3 heterocycles. The number of hydrogen-bond acceptors (Lipinski definition) is 5. The maximum absolute atomic E-state index is 4.31. The van der Waals surface area contributed by atoms with Gasteiger partial charge in [0.1, 0.15) is 5.01 Å². The van der Waals surface area contributed by atoms with Crippen LogP contribution in [-0.4, -0.2) is 33.1 Å². The Morgan fingerprint density at radius 3 is 2.65 bits per heavy atom. The van der Waals surface area contributed by atoms with Gasteiger partial charge in [0.25, 0.3) is 0 Å². The number of nitrogens with zero attached hydrogens (tertiary/aromatic N) is 5. The zero-order valence-corrected chi connectivity index (χ0v) is 14.3. The predicted molar refractivity (Wildman–Crippen MR) is 84.2 cm³/mol. The first-order chi connectivity index (χ1) is 9.41. The van der Waals surface area contributed by atoms with E-state index >= 15 is 0 Å². The lowest BCUT2D eigenvalue weighted by molar-refractivity contribution is 0.341. The second-order valence-electron chi connectivity index (χ2n) is 6.29. The third kappa shape index (κ3) is 2.88. The first-order valence-electron chi connectivity index (χ1n) is 6.69. The van der Waals surface area contributed by atoms with Crippen molar-refractivity contribution in [2.75, 3.05) is 18.0 Å². The van der Waals surface area contributed by atoms with Gasteiger partial charge in [0, 0.05) is 37.2 Å². The first kappa shape index (κ1) is 14.0. The van der Waals surface area contributed by atoms with Crippen LogP contribution < -0.4 is 4.90 Å². The molecular weight excluding hydrogens is 338 g/mol. The molecule has 0 N–H and O–H groups in total. The van der Waals surface area contributed by atoms with Gasteiger partial charge >= 0.3 is 0 Å². The van der Waals surface area contributed by atoms with Crippen molar-refractivity contribution < 1.29 is 0 Å². The fourth-order valence-corrected chi connectivity index (χ4v) is 3.44. The molecule has 0 aliphatic carbocycles. The molecule has 20 heavy (non-hydrogen) atoms. The van der Waals surface area contributed by atoms with Crippen molar-refractivity contribution >= 4 is 32.4 Å². The molecule has 0 bridgehead atoms. The summed E-state index contributed by atoms with van der Waals surface area (Å²) in [6, 6.07) is 0. The molecule has 7 heteroatoms. The van der Waals surface area contributed by atoms with E-state index in [0.717, 1.165) is 34.2 Å². The molecule has 108 valence electrons. The minimum absolute atomic E-state index is 0.0848. The van der Waals surface area contributed by atoms with Crippen LogP contribution in [0.2, 0.25) is 0 Å². The van der Waals surface area contributed by atoms with Crippen LogP contribution in [-0.2, 0) is 12.0 Å². The smallest absolute Gasteiger partial charge is 0.208 e. The maximum atomic E-state index is 4.31. The highest BCUT2D eigenvalue weighted by atomic mass is 79.9. The van der Waals surface area contributed by atoms with E-state index in [1.807, 2.05) is 17.1 Å². The van der Waals surface area contributed by atoms with Crippen LogP contribution in [0.5, 0.6) is 0 Å². The van der Waals surface area contributed by atoms with Crippen LogP contribution in [0.25, 0.3) is 0 Å². The minimum Gasteiger partial charge on any atom is -0.346 e. The second-order valence-corrected chi connectivity index (χ2v) is 8.16. The summed E-state index contributed by atoms with van der Waals surface area (Å²) in [7, 11) is 0. The second kappa shape index (κ2) is 5.11. The Morgan fingerprint density at radius 1 is 1.35 bits per heavy atom. The molecule has 0 unspecified atom stereocenters. The monoisotopic (exact) mass is 355 g/mol. The van der Waals surface area contributed by atoms with Crippen molar-refractivity contribution in [3.63, 3.8) is 0 Å². The molecular formula is C13H18BrN5S. The standard InChI is InChI=1S/C13H18BrN5S/c1-13(2,3)11-16-17-12(20-11)18-5-9(6-18)7-19-8-10(14)4-15-19/h4,8-9H,5-7H2,1-3H3. The van der Waals surface area contributed by atoms with Crippen LogP contribution >= 0.6 is 27.3 Å². The Balaban J connectivity index is 1.56. The van der Waals surface area contributed by atoms with E-state index in [2.05, 4.69) is 56.9 Å².